The van der Waals surface area contributed by atoms with Crippen LogP contribution in [0.2, 0.25) is 0 Å². The highest BCUT2D eigenvalue weighted by molar-refractivity contribution is 6.17. The van der Waals surface area contributed by atoms with E-state index in [-0.39, 0.29) is 6.84 Å². The van der Waals surface area contributed by atoms with Crippen molar-refractivity contribution in [1.29, 1.82) is 0 Å². The van der Waals surface area contributed by atoms with E-state index in [1.165, 1.54) is 44.1 Å². The highest BCUT2D eigenvalue weighted by Crippen LogP contribution is 2.47. The van der Waals surface area contributed by atoms with Gasteiger partial charge in [0.15, 0.2) is 0 Å². The van der Waals surface area contributed by atoms with Crippen LogP contribution in [0.25, 0.3) is 5.57 Å². The molecule has 3 heteroatoms. The predicted octanol–water partition coefficient (Wildman–Crippen LogP) is 4.47. The van der Waals surface area contributed by atoms with Crippen LogP contribution in [0.3, 0.4) is 0 Å². The molecule has 0 unspecified atom stereocenters. The van der Waals surface area contributed by atoms with Crippen LogP contribution in [0, 0.1) is 0 Å². The molecular formula is C21H29NO2. The predicted molar refractivity (Wildman–Crippen MR) is 98.1 cm³/mol. The van der Waals surface area contributed by atoms with Crippen LogP contribution in [-0.2, 0) is 10.2 Å². The Kier molecular flexibility index (Phi) is 4.21. The standard InChI is InChI=1S/C21H27NO2.H2/c23-20(24)18-15-21(19-10-6-5-9-17(18)19)11-13-22(14-12-21)16-7-3-1-2-4-8-16;/h5-6,9-10,15-16H,1-4,7-8,11-14H2,(H,23,24);1H. The lowest BCUT2D eigenvalue weighted by molar-refractivity contribution is -0.130. The first-order chi connectivity index (χ1) is 11.7. The van der Waals surface area contributed by atoms with Gasteiger partial charge in [-0.05, 0) is 49.9 Å². The number of likely N-dealkylation sites (tertiary alicyclic amines) is 1. The average Bonchev–Trinajstić information content (AvgIpc) is 2.77. The molecule has 2 aliphatic carbocycles. The van der Waals surface area contributed by atoms with Crippen molar-refractivity contribution >= 4 is 11.5 Å². The second kappa shape index (κ2) is 6.36. The molecule has 0 amide bonds. The van der Waals surface area contributed by atoms with Crippen molar-refractivity contribution in [1.82, 2.24) is 4.90 Å². The first-order valence-corrected chi connectivity index (χ1v) is 9.50. The third kappa shape index (κ3) is 2.69. The number of hydrogen-bond acceptors (Lipinski definition) is 2. The fourth-order valence-corrected chi connectivity index (χ4v) is 5.09. The average molecular weight is 327 g/mol. The van der Waals surface area contributed by atoms with Gasteiger partial charge in [0.1, 0.15) is 0 Å². The molecule has 1 saturated heterocycles. The summed E-state index contributed by atoms with van der Waals surface area (Å²) in [6, 6.07) is 8.88. The lowest BCUT2D eigenvalue weighted by Gasteiger charge is -2.42. The summed E-state index contributed by atoms with van der Waals surface area (Å²) in [6.45, 7) is 2.20. The summed E-state index contributed by atoms with van der Waals surface area (Å²) in [5.41, 5.74) is 2.63. The van der Waals surface area contributed by atoms with Gasteiger partial charge in [-0.25, -0.2) is 4.79 Å². The number of allylic oxidation sites excluding steroid dienone is 1. The van der Waals surface area contributed by atoms with Crippen LogP contribution < -0.4 is 0 Å². The number of carbonyl (C=O) groups is 1. The Hall–Kier alpha value is -1.61. The van der Waals surface area contributed by atoms with E-state index in [1.54, 1.807) is 0 Å². The Balaban J connectivity index is 0.00000182. The molecule has 0 radical (unpaired) electrons. The van der Waals surface area contributed by atoms with Crippen molar-refractivity contribution in [2.75, 3.05) is 13.1 Å². The van der Waals surface area contributed by atoms with Gasteiger partial charge in [-0.1, -0.05) is 56.0 Å². The molecule has 1 aliphatic heterocycles. The molecule has 3 nitrogen and oxygen atoms in total. The molecule has 1 aromatic carbocycles. The maximum absolute atomic E-state index is 11.7. The van der Waals surface area contributed by atoms with Crippen LogP contribution in [0.1, 0.15) is 63.9 Å². The molecule has 2 fully saturated rings. The Labute approximate surface area is 145 Å². The van der Waals surface area contributed by atoms with Crippen molar-refractivity contribution in [2.45, 2.75) is 62.8 Å². The number of benzene rings is 1. The number of carboxylic acid groups (broad SMARTS) is 1. The summed E-state index contributed by atoms with van der Waals surface area (Å²) < 4.78 is 0. The Morgan fingerprint density at radius 2 is 1.75 bits per heavy atom. The molecule has 1 N–H and O–H groups in total. The Bertz CT molecular complexity index is 654. The first-order valence-electron chi connectivity index (χ1n) is 9.50. The second-order valence-electron chi connectivity index (χ2n) is 7.75. The number of nitrogens with zero attached hydrogens (tertiary/aromatic N) is 1. The van der Waals surface area contributed by atoms with Gasteiger partial charge in [-0.3, -0.25) is 0 Å². The molecule has 3 aliphatic rings. The Morgan fingerprint density at radius 3 is 2.42 bits per heavy atom. The zero-order chi connectivity index (χ0) is 16.6. The minimum absolute atomic E-state index is 0. The number of aliphatic carboxylic acids is 1. The van der Waals surface area contributed by atoms with Crippen molar-refractivity contribution in [3.63, 3.8) is 0 Å². The van der Waals surface area contributed by atoms with Crippen LogP contribution in [0.4, 0.5) is 0 Å². The van der Waals surface area contributed by atoms with Crippen LogP contribution in [0.5, 0.6) is 0 Å². The fraction of sp³-hybridized carbons (Fsp3) is 0.571. The van der Waals surface area contributed by atoms with E-state index in [0.717, 1.165) is 37.5 Å². The molecule has 1 saturated carbocycles. The fourth-order valence-electron chi connectivity index (χ4n) is 5.09. The molecule has 130 valence electrons. The van der Waals surface area contributed by atoms with E-state index >= 15 is 0 Å². The van der Waals surface area contributed by atoms with E-state index in [1.807, 2.05) is 12.1 Å². The van der Waals surface area contributed by atoms with E-state index in [2.05, 4.69) is 23.1 Å². The van der Waals surface area contributed by atoms with E-state index in [0.29, 0.717) is 5.57 Å². The van der Waals surface area contributed by atoms with Crippen LogP contribution in [0.15, 0.2) is 30.3 Å². The van der Waals surface area contributed by atoms with Crippen molar-refractivity contribution in [3.8, 4) is 0 Å². The Morgan fingerprint density at radius 1 is 1.08 bits per heavy atom. The van der Waals surface area contributed by atoms with Crippen molar-refractivity contribution in [2.24, 2.45) is 0 Å². The molecule has 24 heavy (non-hydrogen) atoms. The normalized spacial score (nSPS) is 24.4. The minimum Gasteiger partial charge on any atom is -0.478 e. The summed E-state index contributed by atoms with van der Waals surface area (Å²) in [4.78, 5) is 14.3. The summed E-state index contributed by atoms with van der Waals surface area (Å²) >= 11 is 0. The number of carboxylic acids is 1. The summed E-state index contributed by atoms with van der Waals surface area (Å²) in [6.07, 6.45) is 12.4. The van der Waals surface area contributed by atoms with Gasteiger partial charge >= 0.3 is 5.97 Å². The topological polar surface area (TPSA) is 40.5 Å². The lowest BCUT2D eigenvalue weighted by atomic mass is 9.74. The largest absolute Gasteiger partial charge is 0.478 e. The lowest BCUT2D eigenvalue weighted by Crippen LogP contribution is -2.45. The zero-order valence-corrected chi connectivity index (χ0v) is 14.3. The molecule has 0 bridgehead atoms. The maximum Gasteiger partial charge on any atom is 0.336 e. The SMILES string of the molecule is O=C(O)C1=CC2(CCN(C3CCCCCC3)CC2)c2ccccc21.[HH]. The van der Waals surface area contributed by atoms with Gasteiger partial charge in [0, 0.05) is 12.9 Å². The zero-order valence-electron chi connectivity index (χ0n) is 14.3. The highest BCUT2D eigenvalue weighted by atomic mass is 16.4. The van der Waals surface area contributed by atoms with Gasteiger partial charge in [0.25, 0.3) is 0 Å². The van der Waals surface area contributed by atoms with E-state index in [9.17, 15) is 9.90 Å². The van der Waals surface area contributed by atoms with Gasteiger partial charge < -0.3 is 10.0 Å². The molecular weight excluding hydrogens is 298 g/mol. The number of hydrogen-bond donors (Lipinski definition) is 1. The quantitative estimate of drug-likeness (QED) is 0.815. The molecule has 1 spiro atoms. The third-order valence-electron chi connectivity index (χ3n) is 6.44. The monoisotopic (exact) mass is 327 g/mol. The van der Waals surface area contributed by atoms with Crippen LogP contribution >= 0.6 is 0 Å². The van der Waals surface area contributed by atoms with Gasteiger partial charge in [0.2, 0.25) is 0 Å². The number of piperidine rings is 1. The molecule has 4 rings (SSSR count). The number of fused-ring (bicyclic) bond motifs is 2. The molecule has 1 heterocycles. The second-order valence-corrected chi connectivity index (χ2v) is 7.75. The number of rotatable bonds is 2. The first kappa shape index (κ1) is 15.9. The van der Waals surface area contributed by atoms with Gasteiger partial charge in [0.05, 0.1) is 5.57 Å². The van der Waals surface area contributed by atoms with Gasteiger partial charge in [-0.2, -0.15) is 0 Å². The van der Waals surface area contributed by atoms with Crippen molar-refractivity contribution < 1.29 is 11.3 Å². The summed E-state index contributed by atoms with van der Waals surface area (Å²) in [5.74, 6) is -0.787. The van der Waals surface area contributed by atoms with Crippen LogP contribution in [-0.4, -0.2) is 35.1 Å². The highest BCUT2D eigenvalue weighted by Gasteiger charge is 2.42. The third-order valence-corrected chi connectivity index (χ3v) is 6.44. The molecule has 1 aromatic rings. The summed E-state index contributed by atoms with van der Waals surface area (Å²) in [5, 5.41) is 9.58. The summed E-state index contributed by atoms with van der Waals surface area (Å²) in [7, 11) is 0. The minimum atomic E-state index is -0.787. The van der Waals surface area contributed by atoms with E-state index < -0.39 is 5.97 Å². The maximum atomic E-state index is 11.7. The molecule has 0 atom stereocenters. The molecule has 0 aromatic heterocycles. The van der Waals surface area contributed by atoms with Crippen molar-refractivity contribution in [3.05, 3.63) is 41.5 Å². The van der Waals surface area contributed by atoms with E-state index in [4.69, 9.17) is 0 Å². The van der Waals surface area contributed by atoms with Gasteiger partial charge in [-0.15, -0.1) is 0 Å². The smallest absolute Gasteiger partial charge is 0.336 e.